The molecule has 2 aromatic rings. The summed E-state index contributed by atoms with van der Waals surface area (Å²) in [5.41, 5.74) is 10.7. The Morgan fingerprint density at radius 1 is 1.00 bits per heavy atom. The minimum Gasteiger partial charge on any atom is -0.382 e. The van der Waals surface area contributed by atoms with Crippen molar-refractivity contribution in [2.24, 2.45) is 0 Å². The lowest BCUT2D eigenvalue weighted by atomic mass is 10.0. The second-order valence-electron chi connectivity index (χ2n) is 3.93. The predicted octanol–water partition coefficient (Wildman–Crippen LogP) is 2.05. The Bertz CT molecular complexity index is 535. The third kappa shape index (κ3) is 1.74. The van der Waals surface area contributed by atoms with Crippen molar-refractivity contribution >= 4 is 5.82 Å². The molecule has 0 saturated carbocycles. The highest BCUT2D eigenvalue weighted by molar-refractivity contribution is 5.65. The smallest absolute Gasteiger partial charge is 0.149 e. The molecule has 2 heterocycles. The highest BCUT2D eigenvalue weighted by Gasteiger charge is 2.09. The van der Waals surface area contributed by atoms with Crippen molar-refractivity contribution in [2.75, 3.05) is 5.73 Å². The van der Waals surface area contributed by atoms with Crippen LogP contribution in [0.4, 0.5) is 5.82 Å². The number of pyridine rings is 1. The highest BCUT2D eigenvalue weighted by atomic mass is 15.1. The van der Waals surface area contributed by atoms with Crippen molar-refractivity contribution in [1.82, 2.24) is 15.2 Å². The summed E-state index contributed by atoms with van der Waals surface area (Å²) in [6, 6.07) is 2.04. The molecule has 0 fully saturated rings. The summed E-state index contributed by atoms with van der Waals surface area (Å²) in [7, 11) is 0. The molecule has 0 bridgehead atoms. The lowest BCUT2D eigenvalue weighted by molar-refractivity contribution is 1.01. The molecular formula is C12H14N4. The Kier molecular flexibility index (Phi) is 2.56. The van der Waals surface area contributed by atoms with E-state index in [1.54, 1.807) is 6.20 Å². The van der Waals surface area contributed by atoms with Gasteiger partial charge >= 0.3 is 0 Å². The maximum atomic E-state index is 5.71. The van der Waals surface area contributed by atoms with Crippen molar-refractivity contribution in [3.63, 3.8) is 0 Å². The molecule has 82 valence electrons. The van der Waals surface area contributed by atoms with Crippen LogP contribution in [0.3, 0.4) is 0 Å². The number of nitrogens with two attached hydrogens (primary N) is 1. The van der Waals surface area contributed by atoms with Crippen molar-refractivity contribution in [1.29, 1.82) is 0 Å². The molecule has 0 aliphatic rings. The quantitative estimate of drug-likeness (QED) is 0.789. The van der Waals surface area contributed by atoms with Gasteiger partial charge in [0.15, 0.2) is 0 Å². The highest BCUT2D eigenvalue weighted by Crippen LogP contribution is 2.24. The maximum absolute atomic E-state index is 5.71. The minimum absolute atomic E-state index is 0.488. The van der Waals surface area contributed by atoms with Crippen LogP contribution in [-0.2, 0) is 0 Å². The van der Waals surface area contributed by atoms with Gasteiger partial charge in [0, 0.05) is 18.0 Å². The second-order valence-corrected chi connectivity index (χ2v) is 3.93. The first-order valence-electron chi connectivity index (χ1n) is 5.11. The Morgan fingerprint density at radius 2 is 1.75 bits per heavy atom. The summed E-state index contributed by atoms with van der Waals surface area (Å²) in [5, 5.41) is 8.08. The molecule has 4 nitrogen and oxygen atoms in total. The Balaban J connectivity index is 2.61. The molecule has 0 atom stereocenters. The second kappa shape index (κ2) is 3.89. The Hall–Kier alpha value is -1.97. The number of aryl methyl sites for hydroxylation is 1. The van der Waals surface area contributed by atoms with Crippen LogP contribution in [0.2, 0.25) is 0 Å². The molecular weight excluding hydrogens is 200 g/mol. The molecule has 0 unspecified atom stereocenters. The fourth-order valence-electron chi connectivity index (χ4n) is 1.58. The Labute approximate surface area is 94.6 Å². The van der Waals surface area contributed by atoms with E-state index in [0.29, 0.717) is 5.82 Å². The van der Waals surface area contributed by atoms with Crippen LogP contribution in [0.1, 0.15) is 16.7 Å². The summed E-state index contributed by atoms with van der Waals surface area (Å²) in [5.74, 6) is 0.488. The number of hydrogen-bond acceptors (Lipinski definition) is 4. The van der Waals surface area contributed by atoms with E-state index in [9.17, 15) is 0 Å². The van der Waals surface area contributed by atoms with Crippen LogP contribution < -0.4 is 5.73 Å². The average Bonchev–Trinajstić information content (AvgIpc) is 2.26. The number of anilines is 1. The first kappa shape index (κ1) is 10.5. The first-order valence-corrected chi connectivity index (χ1v) is 5.11. The number of nitrogen functional groups attached to an aromatic ring is 1. The molecule has 16 heavy (non-hydrogen) atoms. The lowest BCUT2D eigenvalue weighted by Crippen LogP contribution is -2.02. The average molecular weight is 214 g/mol. The van der Waals surface area contributed by atoms with Crippen LogP contribution in [0.15, 0.2) is 18.5 Å². The van der Waals surface area contributed by atoms with E-state index in [1.807, 2.05) is 33.0 Å². The molecule has 2 N–H and O–H groups in total. The van der Waals surface area contributed by atoms with Gasteiger partial charge in [-0.05, 0) is 43.5 Å². The molecule has 0 radical (unpaired) electrons. The maximum Gasteiger partial charge on any atom is 0.149 e. The van der Waals surface area contributed by atoms with E-state index in [0.717, 1.165) is 27.9 Å². The SMILES string of the molecule is Cc1cncc(-c2nnc(N)c(C)c2C)c1. The van der Waals surface area contributed by atoms with Crippen molar-refractivity contribution < 1.29 is 0 Å². The molecule has 0 aliphatic carbocycles. The van der Waals surface area contributed by atoms with Gasteiger partial charge in [-0.1, -0.05) is 0 Å². The number of aromatic nitrogens is 3. The van der Waals surface area contributed by atoms with E-state index in [4.69, 9.17) is 5.73 Å². The molecule has 0 saturated heterocycles. The van der Waals surface area contributed by atoms with Gasteiger partial charge in [-0.25, -0.2) is 0 Å². The fourth-order valence-corrected chi connectivity index (χ4v) is 1.58. The Morgan fingerprint density at radius 3 is 2.44 bits per heavy atom. The fraction of sp³-hybridized carbons (Fsp3) is 0.250. The van der Waals surface area contributed by atoms with Gasteiger partial charge in [-0.2, -0.15) is 0 Å². The largest absolute Gasteiger partial charge is 0.382 e. The van der Waals surface area contributed by atoms with Gasteiger partial charge in [0.2, 0.25) is 0 Å². The third-order valence-corrected chi connectivity index (χ3v) is 2.71. The number of rotatable bonds is 1. The molecule has 0 amide bonds. The van der Waals surface area contributed by atoms with Gasteiger partial charge in [0.25, 0.3) is 0 Å². The zero-order valence-electron chi connectivity index (χ0n) is 9.65. The molecule has 0 spiro atoms. The van der Waals surface area contributed by atoms with Gasteiger partial charge in [-0.3, -0.25) is 4.98 Å². The summed E-state index contributed by atoms with van der Waals surface area (Å²) < 4.78 is 0. The number of hydrogen-bond donors (Lipinski definition) is 1. The van der Waals surface area contributed by atoms with Gasteiger partial charge in [0.05, 0.1) is 5.69 Å². The van der Waals surface area contributed by atoms with Crippen LogP contribution in [0, 0.1) is 20.8 Å². The zero-order chi connectivity index (χ0) is 11.7. The van der Waals surface area contributed by atoms with E-state index >= 15 is 0 Å². The first-order chi connectivity index (χ1) is 7.59. The van der Waals surface area contributed by atoms with Crippen LogP contribution in [0.5, 0.6) is 0 Å². The van der Waals surface area contributed by atoms with E-state index in [-0.39, 0.29) is 0 Å². The molecule has 4 heteroatoms. The van der Waals surface area contributed by atoms with Crippen molar-refractivity contribution in [3.8, 4) is 11.3 Å². The topological polar surface area (TPSA) is 64.7 Å². The molecule has 2 aromatic heterocycles. The molecule has 2 rings (SSSR count). The normalized spacial score (nSPS) is 10.4. The standard InChI is InChI=1S/C12H14N4/c1-7-4-10(6-14-5-7)11-8(2)9(3)12(13)16-15-11/h4-6H,1-3H3,(H2,13,16). The van der Waals surface area contributed by atoms with Crippen molar-refractivity contribution in [2.45, 2.75) is 20.8 Å². The van der Waals surface area contributed by atoms with E-state index in [1.165, 1.54) is 0 Å². The van der Waals surface area contributed by atoms with Gasteiger partial charge in [-0.15, -0.1) is 10.2 Å². The monoisotopic (exact) mass is 214 g/mol. The summed E-state index contributed by atoms with van der Waals surface area (Å²) in [6.45, 7) is 5.95. The van der Waals surface area contributed by atoms with Crippen LogP contribution in [0.25, 0.3) is 11.3 Å². The van der Waals surface area contributed by atoms with Crippen LogP contribution >= 0.6 is 0 Å². The molecule has 0 aromatic carbocycles. The van der Waals surface area contributed by atoms with Crippen molar-refractivity contribution in [3.05, 3.63) is 35.2 Å². The summed E-state index contributed by atoms with van der Waals surface area (Å²) in [6.07, 6.45) is 3.61. The summed E-state index contributed by atoms with van der Waals surface area (Å²) >= 11 is 0. The molecule has 0 aliphatic heterocycles. The summed E-state index contributed by atoms with van der Waals surface area (Å²) in [4.78, 5) is 4.15. The van der Waals surface area contributed by atoms with Gasteiger partial charge < -0.3 is 5.73 Å². The van der Waals surface area contributed by atoms with Gasteiger partial charge in [0.1, 0.15) is 5.82 Å². The minimum atomic E-state index is 0.488. The lowest BCUT2D eigenvalue weighted by Gasteiger charge is -2.08. The third-order valence-electron chi connectivity index (χ3n) is 2.71. The zero-order valence-corrected chi connectivity index (χ0v) is 9.65. The van der Waals surface area contributed by atoms with E-state index in [2.05, 4.69) is 15.2 Å². The van der Waals surface area contributed by atoms with Crippen LogP contribution in [-0.4, -0.2) is 15.2 Å². The van der Waals surface area contributed by atoms with E-state index < -0.39 is 0 Å². The number of nitrogens with zero attached hydrogens (tertiary/aromatic N) is 3. The predicted molar refractivity (Wildman–Crippen MR) is 63.9 cm³/mol.